The largest absolute Gasteiger partial charge is 0.433 e. The molecule has 160 valence electrons. The molecule has 1 aliphatic rings. The van der Waals surface area contributed by atoms with Gasteiger partial charge in [-0.3, -0.25) is 4.79 Å². The third-order valence-electron chi connectivity index (χ3n) is 4.22. The van der Waals surface area contributed by atoms with Crippen LogP contribution in [0.3, 0.4) is 0 Å². The number of carbonyl (C=O) groups excluding carboxylic acids is 2. The standard InChI is InChI=1S/C18H14ClF4N3O4/c19-11-5-10(6-12(20)7-11)8-25-16(28)30-17(29)3-4-26(15(17)27)13-1-2-14(24-9-13)18(21,22)23/h1-2,5-7,9,29H,3-4,8H2,(H,25,28)/t17-/m0/s1. The van der Waals surface area contributed by atoms with Gasteiger partial charge in [-0.05, 0) is 35.9 Å². The van der Waals surface area contributed by atoms with E-state index in [1.165, 1.54) is 6.07 Å². The Bertz CT molecular complexity index is 951. The monoisotopic (exact) mass is 447 g/mol. The van der Waals surface area contributed by atoms with E-state index in [1.807, 2.05) is 0 Å². The Kier molecular flexibility index (Phi) is 5.86. The Hall–Kier alpha value is -2.92. The zero-order valence-electron chi connectivity index (χ0n) is 15.0. The predicted molar refractivity (Wildman–Crippen MR) is 95.9 cm³/mol. The minimum Gasteiger partial charge on any atom is -0.407 e. The average Bonchev–Trinajstić information content (AvgIpc) is 2.93. The molecule has 1 aliphatic heterocycles. The van der Waals surface area contributed by atoms with Crippen molar-refractivity contribution in [2.75, 3.05) is 11.4 Å². The number of nitrogens with zero attached hydrogens (tertiary/aromatic N) is 2. The second-order valence-electron chi connectivity index (χ2n) is 6.41. The van der Waals surface area contributed by atoms with Gasteiger partial charge in [0.25, 0.3) is 11.7 Å². The minimum absolute atomic E-state index is 0.00216. The number of ether oxygens (including phenoxy) is 1. The van der Waals surface area contributed by atoms with Crippen LogP contribution in [0.15, 0.2) is 36.5 Å². The summed E-state index contributed by atoms with van der Waals surface area (Å²) in [5.74, 6) is -4.15. The lowest BCUT2D eigenvalue weighted by Crippen LogP contribution is -2.46. The maximum atomic E-state index is 13.3. The van der Waals surface area contributed by atoms with E-state index in [4.69, 9.17) is 16.3 Å². The SMILES string of the molecule is O=C(NCc1cc(F)cc(Cl)c1)O[C@@]1(O)CCN(c2ccc(C(F)(F)F)nc2)C1=O. The van der Waals surface area contributed by atoms with E-state index < -0.39 is 35.5 Å². The number of alkyl carbamates (subject to hydrolysis) is 1. The zero-order chi connectivity index (χ0) is 22.1. The van der Waals surface area contributed by atoms with Gasteiger partial charge in [-0.15, -0.1) is 0 Å². The Labute approximate surface area is 172 Å². The number of pyridine rings is 1. The minimum atomic E-state index is -4.64. The molecule has 0 radical (unpaired) electrons. The number of aliphatic hydroxyl groups is 1. The van der Waals surface area contributed by atoms with Crippen molar-refractivity contribution in [2.45, 2.75) is 24.9 Å². The lowest BCUT2D eigenvalue weighted by atomic mass is 10.2. The topological polar surface area (TPSA) is 91.8 Å². The lowest BCUT2D eigenvalue weighted by Gasteiger charge is -2.22. The van der Waals surface area contributed by atoms with Crippen LogP contribution in [-0.4, -0.2) is 34.4 Å². The zero-order valence-corrected chi connectivity index (χ0v) is 15.8. The van der Waals surface area contributed by atoms with Crippen molar-refractivity contribution in [2.24, 2.45) is 0 Å². The summed E-state index contributed by atoms with van der Waals surface area (Å²) in [6, 6.07) is 5.32. The van der Waals surface area contributed by atoms with Gasteiger partial charge in [0.2, 0.25) is 0 Å². The number of anilines is 1. The predicted octanol–water partition coefficient (Wildman–Crippen LogP) is 3.24. The van der Waals surface area contributed by atoms with Crippen LogP contribution in [0, 0.1) is 5.82 Å². The van der Waals surface area contributed by atoms with E-state index in [2.05, 4.69) is 10.3 Å². The summed E-state index contributed by atoms with van der Waals surface area (Å²) in [7, 11) is 0. The molecule has 30 heavy (non-hydrogen) atoms. The molecule has 1 fully saturated rings. The molecule has 3 rings (SSSR count). The van der Waals surface area contributed by atoms with Crippen LogP contribution in [0.25, 0.3) is 0 Å². The highest BCUT2D eigenvalue weighted by molar-refractivity contribution is 6.30. The molecule has 1 aromatic carbocycles. The van der Waals surface area contributed by atoms with Gasteiger partial charge in [0.1, 0.15) is 11.5 Å². The molecule has 0 saturated carbocycles. The Balaban J connectivity index is 1.62. The molecule has 0 aliphatic carbocycles. The van der Waals surface area contributed by atoms with Gasteiger partial charge in [0.05, 0.1) is 11.9 Å². The van der Waals surface area contributed by atoms with E-state index in [9.17, 15) is 32.3 Å². The fourth-order valence-electron chi connectivity index (χ4n) is 2.81. The van der Waals surface area contributed by atoms with Gasteiger partial charge in [-0.1, -0.05) is 11.6 Å². The summed E-state index contributed by atoms with van der Waals surface area (Å²) >= 11 is 5.71. The summed E-state index contributed by atoms with van der Waals surface area (Å²) in [6.45, 7) is -0.303. The number of hydrogen-bond acceptors (Lipinski definition) is 5. The Morgan fingerprint density at radius 1 is 1.33 bits per heavy atom. The van der Waals surface area contributed by atoms with Gasteiger partial charge < -0.3 is 20.1 Å². The second-order valence-corrected chi connectivity index (χ2v) is 6.85. The number of halogens is 5. The molecule has 1 aromatic heterocycles. The molecule has 2 amide bonds. The molecule has 0 spiro atoms. The smallest absolute Gasteiger partial charge is 0.407 e. The van der Waals surface area contributed by atoms with Crippen molar-refractivity contribution >= 4 is 29.3 Å². The van der Waals surface area contributed by atoms with Crippen LogP contribution in [0.5, 0.6) is 0 Å². The summed E-state index contributed by atoms with van der Waals surface area (Å²) in [4.78, 5) is 28.6. The fourth-order valence-corrected chi connectivity index (χ4v) is 3.06. The third kappa shape index (κ3) is 4.79. The Morgan fingerprint density at radius 3 is 2.67 bits per heavy atom. The average molecular weight is 448 g/mol. The second kappa shape index (κ2) is 8.07. The molecule has 1 atom stereocenters. The first-order valence-electron chi connectivity index (χ1n) is 8.47. The van der Waals surface area contributed by atoms with Gasteiger partial charge >= 0.3 is 12.3 Å². The number of benzene rings is 1. The molecule has 2 aromatic rings. The molecule has 2 N–H and O–H groups in total. The van der Waals surface area contributed by atoms with E-state index in [-0.39, 0.29) is 30.2 Å². The summed E-state index contributed by atoms with van der Waals surface area (Å²) in [5.41, 5.74) is -0.817. The van der Waals surface area contributed by atoms with Crippen molar-refractivity contribution in [3.05, 3.63) is 58.6 Å². The molecule has 1 saturated heterocycles. The first-order valence-corrected chi connectivity index (χ1v) is 8.85. The van der Waals surface area contributed by atoms with Crippen LogP contribution in [0.1, 0.15) is 17.7 Å². The van der Waals surface area contributed by atoms with Gasteiger partial charge in [-0.25, -0.2) is 14.2 Å². The van der Waals surface area contributed by atoms with Crippen LogP contribution >= 0.6 is 11.6 Å². The van der Waals surface area contributed by atoms with E-state index in [0.29, 0.717) is 11.6 Å². The molecular formula is C18H14ClF4N3O4. The van der Waals surface area contributed by atoms with Gasteiger partial charge in [0.15, 0.2) is 0 Å². The van der Waals surface area contributed by atoms with Crippen LogP contribution in [-0.2, 0) is 22.3 Å². The van der Waals surface area contributed by atoms with E-state index in [0.717, 1.165) is 29.3 Å². The van der Waals surface area contributed by atoms with E-state index >= 15 is 0 Å². The maximum Gasteiger partial charge on any atom is 0.433 e. The van der Waals surface area contributed by atoms with Crippen molar-refractivity contribution in [1.82, 2.24) is 10.3 Å². The fraction of sp³-hybridized carbons (Fsp3) is 0.278. The molecule has 2 heterocycles. The van der Waals surface area contributed by atoms with Crippen LogP contribution < -0.4 is 10.2 Å². The first-order chi connectivity index (χ1) is 14.0. The maximum absolute atomic E-state index is 13.3. The van der Waals surface area contributed by atoms with E-state index in [1.54, 1.807) is 0 Å². The number of nitrogens with one attached hydrogen (secondary N) is 1. The number of aromatic nitrogens is 1. The van der Waals surface area contributed by atoms with Gasteiger partial charge in [0, 0.05) is 24.5 Å². The summed E-state index contributed by atoms with van der Waals surface area (Å²) in [6.07, 6.45) is -5.27. The number of rotatable bonds is 4. The summed E-state index contributed by atoms with van der Waals surface area (Å²) < 4.78 is 55.9. The molecule has 12 heteroatoms. The summed E-state index contributed by atoms with van der Waals surface area (Å²) in [5, 5.41) is 12.7. The van der Waals surface area contributed by atoms with Crippen molar-refractivity contribution in [1.29, 1.82) is 0 Å². The molecule has 0 unspecified atom stereocenters. The Morgan fingerprint density at radius 2 is 2.07 bits per heavy atom. The highest BCUT2D eigenvalue weighted by atomic mass is 35.5. The first kappa shape index (κ1) is 21.8. The quantitative estimate of drug-likeness (QED) is 0.554. The molecule has 0 bridgehead atoms. The van der Waals surface area contributed by atoms with Crippen molar-refractivity contribution in [3.8, 4) is 0 Å². The normalized spacial score (nSPS) is 19.1. The number of hydrogen-bond donors (Lipinski definition) is 2. The highest BCUT2D eigenvalue weighted by Gasteiger charge is 2.49. The number of amides is 2. The molecular weight excluding hydrogens is 434 g/mol. The van der Waals surface area contributed by atoms with Crippen molar-refractivity contribution < 1.29 is 37.0 Å². The molecule has 7 nitrogen and oxygen atoms in total. The van der Waals surface area contributed by atoms with Crippen molar-refractivity contribution in [3.63, 3.8) is 0 Å². The van der Waals surface area contributed by atoms with Crippen LogP contribution in [0.4, 0.5) is 28.0 Å². The third-order valence-corrected chi connectivity index (χ3v) is 4.44. The highest BCUT2D eigenvalue weighted by Crippen LogP contribution is 2.32. The lowest BCUT2D eigenvalue weighted by molar-refractivity contribution is -0.175. The van der Waals surface area contributed by atoms with Crippen LogP contribution in [0.2, 0.25) is 5.02 Å². The van der Waals surface area contributed by atoms with Gasteiger partial charge in [-0.2, -0.15) is 13.2 Å². The number of alkyl halides is 3. The number of carbonyl (C=O) groups is 2.